The van der Waals surface area contributed by atoms with Crippen molar-refractivity contribution in [3.05, 3.63) is 22.7 Å². The second-order valence-corrected chi connectivity index (χ2v) is 3.85. The van der Waals surface area contributed by atoms with Crippen molar-refractivity contribution in [3.8, 4) is 0 Å². The maximum absolute atomic E-state index is 11.4. The normalized spacial score (nSPS) is 16.2. The molecule has 8 nitrogen and oxygen atoms in total. The van der Waals surface area contributed by atoms with Crippen LogP contribution in [0.15, 0.2) is 17.1 Å². The van der Waals surface area contributed by atoms with E-state index in [-0.39, 0.29) is 12.5 Å². The van der Waals surface area contributed by atoms with Crippen LogP contribution in [0.4, 0.5) is 5.82 Å². The van der Waals surface area contributed by atoms with E-state index in [2.05, 4.69) is 4.98 Å². The molecule has 0 saturated heterocycles. The molecule has 0 aromatic carbocycles. The van der Waals surface area contributed by atoms with Gasteiger partial charge in [-0.3, -0.25) is 4.57 Å². The molecule has 1 aromatic heterocycles. The van der Waals surface area contributed by atoms with E-state index in [1.165, 1.54) is 19.2 Å². The summed E-state index contributed by atoms with van der Waals surface area (Å²) in [5, 5.41) is 27.7. The van der Waals surface area contributed by atoms with E-state index in [0.717, 1.165) is 4.57 Å². The first-order chi connectivity index (χ1) is 8.45. The molecule has 0 radical (unpaired) electrons. The Hall–Kier alpha value is -1.48. The summed E-state index contributed by atoms with van der Waals surface area (Å²) in [6.45, 7) is 0.679. The highest BCUT2D eigenvalue weighted by Crippen LogP contribution is 2.04. The number of aliphatic hydroxyl groups excluding tert-OH is 3. The molecule has 0 aliphatic rings. The topological polar surface area (TPSA) is 131 Å². The zero-order valence-electron chi connectivity index (χ0n) is 9.93. The highest BCUT2D eigenvalue weighted by atomic mass is 16.5. The number of nitrogens with zero attached hydrogens (tertiary/aromatic N) is 2. The van der Waals surface area contributed by atoms with Gasteiger partial charge in [0.25, 0.3) is 0 Å². The third-order valence-corrected chi connectivity index (χ3v) is 2.38. The molecule has 0 spiro atoms. The van der Waals surface area contributed by atoms with Crippen molar-refractivity contribution in [2.75, 3.05) is 12.3 Å². The first-order valence-electron chi connectivity index (χ1n) is 5.37. The smallest absolute Gasteiger partial charge is 0.351 e. The molecule has 8 heteroatoms. The van der Waals surface area contributed by atoms with Crippen molar-refractivity contribution in [3.63, 3.8) is 0 Å². The van der Waals surface area contributed by atoms with Crippen LogP contribution in [0.25, 0.3) is 0 Å². The van der Waals surface area contributed by atoms with E-state index in [9.17, 15) is 15.0 Å². The summed E-state index contributed by atoms with van der Waals surface area (Å²) in [5.41, 5.74) is 4.72. The third-order valence-electron chi connectivity index (χ3n) is 2.38. The van der Waals surface area contributed by atoms with Crippen molar-refractivity contribution < 1.29 is 20.1 Å². The Morgan fingerprint density at radius 2 is 2.22 bits per heavy atom. The molecule has 1 rings (SSSR count). The number of rotatable bonds is 6. The quantitative estimate of drug-likeness (QED) is 0.460. The molecule has 18 heavy (non-hydrogen) atoms. The summed E-state index contributed by atoms with van der Waals surface area (Å²) in [7, 11) is 0. The number of anilines is 1. The molecule has 0 amide bonds. The van der Waals surface area contributed by atoms with E-state index < -0.39 is 30.6 Å². The lowest BCUT2D eigenvalue weighted by Crippen LogP contribution is -2.41. The van der Waals surface area contributed by atoms with Gasteiger partial charge in [-0.25, -0.2) is 4.79 Å². The Bertz CT molecular complexity index is 434. The van der Waals surface area contributed by atoms with Crippen molar-refractivity contribution in [2.24, 2.45) is 0 Å². The number of aromatic nitrogens is 2. The number of nitrogen functional groups attached to an aromatic ring is 1. The van der Waals surface area contributed by atoms with Gasteiger partial charge < -0.3 is 25.8 Å². The molecule has 0 aliphatic carbocycles. The second-order valence-electron chi connectivity index (χ2n) is 3.85. The predicted octanol–water partition coefficient (Wildman–Crippen LogP) is -2.10. The molecule has 0 aliphatic heterocycles. The number of hydrogen-bond donors (Lipinski definition) is 4. The first-order valence-corrected chi connectivity index (χ1v) is 5.37. The van der Waals surface area contributed by atoms with Crippen molar-refractivity contribution in [2.45, 2.75) is 32.0 Å². The lowest BCUT2D eigenvalue weighted by atomic mass is 10.1. The minimum Gasteiger partial charge on any atom is -0.394 e. The summed E-state index contributed by atoms with van der Waals surface area (Å²) >= 11 is 0. The fourth-order valence-electron chi connectivity index (χ4n) is 1.29. The number of ether oxygens (including phenoxy) is 1. The van der Waals surface area contributed by atoms with Crippen LogP contribution in [0.5, 0.6) is 0 Å². The van der Waals surface area contributed by atoms with Gasteiger partial charge in [-0.1, -0.05) is 0 Å². The van der Waals surface area contributed by atoms with Gasteiger partial charge in [0.1, 0.15) is 24.8 Å². The van der Waals surface area contributed by atoms with Crippen molar-refractivity contribution in [1.82, 2.24) is 9.55 Å². The SMILES string of the molecule is CC(O)C(O)[C@@H](CO)OCn1ccc(N)nc1=O. The Morgan fingerprint density at radius 3 is 2.72 bits per heavy atom. The van der Waals surface area contributed by atoms with E-state index in [4.69, 9.17) is 15.6 Å². The molecule has 2 unspecified atom stereocenters. The third kappa shape index (κ3) is 3.77. The molecule has 1 heterocycles. The van der Waals surface area contributed by atoms with Crippen LogP contribution in [0.2, 0.25) is 0 Å². The molecule has 0 fully saturated rings. The monoisotopic (exact) mass is 259 g/mol. The molecule has 3 atom stereocenters. The standard InChI is InChI=1S/C10H17N3O5/c1-6(15)9(16)7(4-14)18-5-13-3-2-8(11)12-10(13)17/h2-3,6-7,9,14-16H,4-5H2,1H3,(H2,11,12,17)/t6?,7-,9?/m1/s1. The minimum absolute atomic E-state index is 0.0963. The van der Waals surface area contributed by atoms with E-state index in [1.807, 2.05) is 0 Å². The lowest BCUT2D eigenvalue weighted by molar-refractivity contribution is -0.120. The Morgan fingerprint density at radius 1 is 1.56 bits per heavy atom. The molecule has 5 N–H and O–H groups in total. The molecule has 102 valence electrons. The average Bonchev–Trinajstić information content (AvgIpc) is 2.31. The molecule has 0 saturated carbocycles. The Balaban J connectivity index is 2.65. The fraction of sp³-hybridized carbons (Fsp3) is 0.600. The van der Waals surface area contributed by atoms with Gasteiger partial charge >= 0.3 is 5.69 Å². The number of aliphatic hydroxyl groups is 3. The van der Waals surface area contributed by atoms with Gasteiger partial charge in [-0.2, -0.15) is 4.98 Å². The largest absolute Gasteiger partial charge is 0.394 e. The maximum Gasteiger partial charge on any atom is 0.351 e. The molecular formula is C10H17N3O5. The van der Waals surface area contributed by atoms with Crippen LogP contribution in [0.1, 0.15) is 6.92 Å². The Labute approximate surface area is 103 Å². The molecule has 1 aromatic rings. The van der Waals surface area contributed by atoms with E-state index in [0.29, 0.717) is 0 Å². The fourth-order valence-corrected chi connectivity index (χ4v) is 1.29. The number of nitrogens with two attached hydrogens (primary N) is 1. The minimum atomic E-state index is -1.24. The summed E-state index contributed by atoms with van der Waals surface area (Å²) in [5.74, 6) is 0.0963. The van der Waals surface area contributed by atoms with Crippen molar-refractivity contribution in [1.29, 1.82) is 0 Å². The zero-order valence-corrected chi connectivity index (χ0v) is 9.93. The van der Waals surface area contributed by atoms with E-state index >= 15 is 0 Å². The van der Waals surface area contributed by atoms with Crippen LogP contribution >= 0.6 is 0 Å². The second kappa shape index (κ2) is 6.45. The van der Waals surface area contributed by atoms with Gasteiger partial charge in [0.2, 0.25) is 0 Å². The number of hydrogen-bond acceptors (Lipinski definition) is 7. The molecule has 0 bridgehead atoms. The van der Waals surface area contributed by atoms with E-state index in [1.54, 1.807) is 0 Å². The van der Waals surface area contributed by atoms with Crippen LogP contribution in [0.3, 0.4) is 0 Å². The lowest BCUT2D eigenvalue weighted by Gasteiger charge is -2.23. The average molecular weight is 259 g/mol. The van der Waals surface area contributed by atoms with Gasteiger partial charge in [-0.05, 0) is 13.0 Å². The first kappa shape index (κ1) is 14.6. The zero-order chi connectivity index (χ0) is 13.7. The highest BCUT2D eigenvalue weighted by molar-refractivity contribution is 5.23. The summed E-state index contributed by atoms with van der Waals surface area (Å²) in [6.07, 6.45) is -1.90. The van der Waals surface area contributed by atoms with Crippen LogP contribution in [-0.4, -0.2) is 49.8 Å². The van der Waals surface area contributed by atoms with Crippen molar-refractivity contribution >= 4 is 5.82 Å². The van der Waals surface area contributed by atoms with Gasteiger partial charge in [0.15, 0.2) is 0 Å². The van der Waals surface area contributed by atoms with Gasteiger partial charge in [-0.15, -0.1) is 0 Å². The van der Waals surface area contributed by atoms with Gasteiger partial charge in [0.05, 0.1) is 12.7 Å². The summed E-state index contributed by atoms with van der Waals surface area (Å²) in [6, 6.07) is 1.42. The van der Waals surface area contributed by atoms with Crippen LogP contribution < -0.4 is 11.4 Å². The summed E-state index contributed by atoms with van der Waals surface area (Å²) < 4.78 is 6.26. The van der Waals surface area contributed by atoms with Gasteiger partial charge in [0, 0.05) is 6.20 Å². The maximum atomic E-state index is 11.4. The summed E-state index contributed by atoms with van der Waals surface area (Å²) in [4.78, 5) is 14.9. The van der Waals surface area contributed by atoms with Crippen LogP contribution in [0, 0.1) is 0 Å². The highest BCUT2D eigenvalue weighted by Gasteiger charge is 2.23. The predicted molar refractivity (Wildman–Crippen MR) is 62.6 cm³/mol. The Kier molecular flexibility index (Phi) is 5.23. The van der Waals surface area contributed by atoms with Crippen LogP contribution in [-0.2, 0) is 11.5 Å². The molecular weight excluding hydrogens is 242 g/mol.